The van der Waals surface area contributed by atoms with Crippen LogP contribution in [0.4, 0.5) is 5.69 Å². The van der Waals surface area contributed by atoms with Crippen molar-refractivity contribution < 1.29 is 4.79 Å². The Balaban J connectivity index is 0.00000729. The van der Waals surface area contributed by atoms with Crippen molar-refractivity contribution in [3.8, 4) is 0 Å². The molecule has 1 aromatic carbocycles. The molecule has 1 aromatic rings. The number of hydrogen-bond acceptors (Lipinski definition) is 2. The maximum absolute atomic E-state index is 10.9. The smallest absolute Gasteiger partial charge is 0.226 e. The fourth-order valence-electron chi connectivity index (χ4n) is 3.45. The largest absolute Gasteiger partial charge is 0.385 e. The van der Waals surface area contributed by atoms with Crippen LogP contribution in [0.25, 0.3) is 0 Å². The van der Waals surface area contributed by atoms with Gasteiger partial charge in [-0.15, -0.1) is 12.4 Å². The highest BCUT2D eigenvalue weighted by molar-refractivity contribution is 6.63. The van der Waals surface area contributed by atoms with Crippen LogP contribution in [0.3, 0.4) is 0 Å². The summed E-state index contributed by atoms with van der Waals surface area (Å²) in [7, 11) is 0. The van der Waals surface area contributed by atoms with Gasteiger partial charge in [0.25, 0.3) is 0 Å². The van der Waals surface area contributed by atoms with E-state index in [2.05, 4.69) is 12.2 Å². The van der Waals surface area contributed by atoms with Crippen LogP contribution in [0.15, 0.2) is 24.3 Å². The number of halogens is 2. The number of anilines is 1. The third-order valence-electron chi connectivity index (χ3n) is 5.16. The Kier molecular flexibility index (Phi) is 19.1. The molecule has 0 saturated carbocycles. The van der Waals surface area contributed by atoms with Crippen molar-refractivity contribution in [2.75, 3.05) is 11.9 Å². The van der Waals surface area contributed by atoms with Gasteiger partial charge in [-0.1, -0.05) is 103 Å². The van der Waals surface area contributed by atoms with Gasteiger partial charge in [0.2, 0.25) is 5.24 Å². The SMILES string of the molecule is CCCCCCCCCCCCCCCCNc1ccc(CC(=O)Cl)cc1.Cl. The van der Waals surface area contributed by atoms with Gasteiger partial charge in [-0.25, -0.2) is 0 Å². The highest BCUT2D eigenvalue weighted by atomic mass is 35.5. The molecule has 0 aliphatic heterocycles. The first-order valence-corrected chi connectivity index (χ1v) is 11.6. The Morgan fingerprint density at radius 1 is 0.750 bits per heavy atom. The van der Waals surface area contributed by atoms with Gasteiger partial charge in [0, 0.05) is 18.7 Å². The lowest BCUT2D eigenvalue weighted by molar-refractivity contribution is -0.111. The second kappa shape index (κ2) is 19.6. The maximum atomic E-state index is 10.9. The normalized spacial score (nSPS) is 10.5. The van der Waals surface area contributed by atoms with Gasteiger partial charge in [0.05, 0.1) is 0 Å². The fraction of sp³-hybridized carbons (Fsp3) is 0.708. The van der Waals surface area contributed by atoms with Gasteiger partial charge in [-0.3, -0.25) is 4.79 Å². The van der Waals surface area contributed by atoms with Crippen LogP contribution in [-0.4, -0.2) is 11.8 Å². The Labute approximate surface area is 184 Å². The summed E-state index contributed by atoms with van der Waals surface area (Å²) < 4.78 is 0. The average Bonchev–Trinajstić information content (AvgIpc) is 2.66. The molecule has 1 N–H and O–H groups in total. The van der Waals surface area contributed by atoms with Gasteiger partial charge < -0.3 is 5.32 Å². The number of benzene rings is 1. The molecule has 1 rings (SSSR count). The standard InChI is InChI=1S/C24H40ClNO.ClH/c1-2-3-4-5-6-7-8-9-10-11-12-13-14-15-20-26-23-18-16-22(17-19-23)21-24(25)27;/h16-19,26H,2-15,20-21H2,1H3;1H. The molecule has 2 nitrogen and oxygen atoms in total. The molecule has 0 saturated heterocycles. The zero-order chi connectivity index (χ0) is 19.6. The quantitative estimate of drug-likeness (QED) is 0.187. The van der Waals surface area contributed by atoms with E-state index in [0.29, 0.717) is 6.42 Å². The molecule has 0 radical (unpaired) electrons. The lowest BCUT2D eigenvalue weighted by Gasteiger charge is -2.07. The predicted octanol–water partition coefficient (Wildman–Crippen LogP) is 8.31. The van der Waals surface area contributed by atoms with Crippen LogP contribution in [0, 0.1) is 0 Å². The first-order chi connectivity index (χ1) is 13.2. The average molecular weight is 431 g/mol. The molecule has 0 heterocycles. The zero-order valence-corrected chi connectivity index (χ0v) is 19.4. The third-order valence-corrected chi connectivity index (χ3v) is 5.29. The molecular formula is C24H41Cl2NO. The van der Waals surface area contributed by atoms with E-state index in [9.17, 15) is 4.79 Å². The van der Waals surface area contributed by atoms with E-state index in [1.54, 1.807) is 0 Å². The van der Waals surface area contributed by atoms with E-state index in [1.165, 1.54) is 89.9 Å². The maximum Gasteiger partial charge on any atom is 0.226 e. The molecule has 0 fully saturated rings. The zero-order valence-electron chi connectivity index (χ0n) is 17.8. The Bertz CT molecular complexity index is 476. The van der Waals surface area contributed by atoms with Crippen molar-refractivity contribution in [2.45, 2.75) is 103 Å². The van der Waals surface area contributed by atoms with Crippen LogP contribution in [0.2, 0.25) is 0 Å². The van der Waals surface area contributed by atoms with E-state index >= 15 is 0 Å². The number of unbranched alkanes of at least 4 members (excludes halogenated alkanes) is 13. The summed E-state index contributed by atoms with van der Waals surface area (Å²) in [5.41, 5.74) is 2.09. The highest BCUT2D eigenvalue weighted by Gasteiger charge is 1.99. The van der Waals surface area contributed by atoms with E-state index < -0.39 is 0 Å². The first kappa shape index (κ1) is 27.3. The van der Waals surface area contributed by atoms with Crippen molar-refractivity contribution in [3.63, 3.8) is 0 Å². The molecule has 0 aliphatic rings. The number of carbonyl (C=O) groups excluding carboxylic acids is 1. The molecule has 0 amide bonds. The van der Waals surface area contributed by atoms with Crippen LogP contribution in [0.1, 0.15) is 102 Å². The number of nitrogens with one attached hydrogen (secondary N) is 1. The minimum absolute atomic E-state index is 0. The van der Waals surface area contributed by atoms with E-state index in [-0.39, 0.29) is 17.6 Å². The van der Waals surface area contributed by atoms with Gasteiger partial charge in [-0.2, -0.15) is 0 Å². The van der Waals surface area contributed by atoms with E-state index in [0.717, 1.165) is 17.8 Å². The minimum atomic E-state index is -0.307. The molecule has 0 aromatic heterocycles. The second-order valence-electron chi connectivity index (χ2n) is 7.75. The summed E-state index contributed by atoms with van der Waals surface area (Å²) in [6.45, 7) is 3.30. The first-order valence-electron chi connectivity index (χ1n) is 11.2. The van der Waals surface area contributed by atoms with Crippen LogP contribution in [-0.2, 0) is 11.2 Å². The van der Waals surface area contributed by atoms with E-state index in [4.69, 9.17) is 11.6 Å². The molecular weight excluding hydrogens is 389 g/mol. The molecule has 0 bridgehead atoms. The molecule has 0 aliphatic carbocycles. The lowest BCUT2D eigenvalue weighted by Crippen LogP contribution is -2.01. The fourth-order valence-corrected chi connectivity index (χ4v) is 3.61. The molecule has 4 heteroatoms. The lowest BCUT2D eigenvalue weighted by atomic mass is 10.0. The third kappa shape index (κ3) is 16.2. The summed E-state index contributed by atoms with van der Waals surface area (Å²) in [6.07, 6.45) is 19.8. The molecule has 162 valence electrons. The van der Waals surface area contributed by atoms with Crippen LogP contribution >= 0.6 is 24.0 Å². The minimum Gasteiger partial charge on any atom is -0.385 e. The number of hydrogen-bond donors (Lipinski definition) is 1. The van der Waals surface area contributed by atoms with Gasteiger partial charge in [0.1, 0.15) is 0 Å². The van der Waals surface area contributed by atoms with Crippen molar-refractivity contribution >= 4 is 34.9 Å². The predicted molar refractivity (Wildman–Crippen MR) is 127 cm³/mol. The Morgan fingerprint density at radius 2 is 1.18 bits per heavy atom. The van der Waals surface area contributed by atoms with Crippen molar-refractivity contribution in [2.24, 2.45) is 0 Å². The summed E-state index contributed by atoms with van der Waals surface area (Å²) in [5.74, 6) is 0. The van der Waals surface area contributed by atoms with Crippen molar-refractivity contribution in [1.82, 2.24) is 0 Å². The highest BCUT2D eigenvalue weighted by Crippen LogP contribution is 2.14. The molecule has 0 atom stereocenters. The van der Waals surface area contributed by atoms with E-state index in [1.807, 2.05) is 24.3 Å². The number of carbonyl (C=O) groups is 1. The molecule has 0 spiro atoms. The summed E-state index contributed by atoms with van der Waals surface area (Å²) in [6, 6.07) is 7.99. The van der Waals surface area contributed by atoms with Crippen molar-refractivity contribution in [3.05, 3.63) is 29.8 Å². The summed E-state index contributed by atoms with van der Waals surface area (Å²) in [4.78, 5) is 10.9. The van der Waals surface area contributed by atoms with Crippen molar-refractivity contribution in [1.29, 1.82) is 0 Å². The Morgan fingerprint density at radius 3 is 1.61 bits per heavy atom. The Hall–Kier alpha value is -0.730. The van der Waals surface area contributed by atoms with Crippen LogP contribution in [0.5, 0.6) is 0 Å². The van der Waals surface area contributed by atoms with Gasteiger partial charge in [-0.05, 0) is 35.7 Å². The summed E-state index contributed by atoms with van der Waals surface area (Å²) in [5, 5.41) is 3.14. The monoisotopic (exact) mass is 429 g/mol. The second-order valence-corrected chi connectivity index (χ2v) is 8.17. The molecule has 28 heavy (non-hydrogen) atoms. The van der Waals surface area contributed by atoms with Crippen LogP contribution < -0.4 is 5.32 Å². The molecule has 0 unspecified atom stereocenters. The number of rotatable bonds is 18. The van der Waals surface area contributed by atoms with Gasteiger partial charge >= 0.3 is 0 Å². The summed E-state index contributed by atoms with van der Waals surface area (Å²) >= 11 is 5.40. The van der Waals surface area contributed by atoms with Gasteiger partial charge in [0.15, 0.2) is 0 Å². The topological polar surface area (TPSA) is 29.1 Å².